The molecule has 1 aromatic carbocycles. The molecule has 2 aliphatic heterocycles. The van der Waals surface area contributed by atoms with Gasteiger partial charge in [-0.3, -0.25) is 9.69 Å². The van der Waals surface area contributed by atoms with E-state index in [9.17, 15) is 17.6 Å². The van der Waals surface area contributed by atoms with Crippen LogP contribution >= 0.6 is 0 Å². The molecule has 1 atom stereocenters. The van der Waals surface area contributed by atoms with Crippen molar-refractivity contribution in [1.29, 1.82) is 0 Å². The second-order valence-electron chi connectivity index (χ2n) is 8.24. The Bertz CT molecular complexity index is 774. The van der Waals surface area contributed by atoms with Crippen molar-refractivity contribution in [3.05, 3.63) is 30.1 Å². The molecular formula is C20H30FN3O3S. The van der Waals surface area contributed by atoms with Gasteiger partial charge in [0.25, 0.3) is 0 Å². The van der Waals surface area contributed by atoms with Crippen LogP contribution < -0.4 is 4.90 Å². The standard InChI is InChI=1S/C20H30FN3O3S/c1-16(2)13-24(19-7-12-28(26,27)15-19)20(25)14-22-8-10-23(11-9-22)18-5-3-17(21)4-6-18/h3-6,16,19H,7-15H2,1-2H3/t19-/m0/s1. The van der Waals surface area contributed by atoms with Crippen molar-refractivity contribution in [3.8, 4) is 0 Å². The summed E-state index contributed by atoms with van der Waals surface area (Å²) in [7, 11) is -3.02. The van der Waals surface area contributed by atoms with E-state index in [1.807, 2.05) is 13.8 Å². The minimum absolute atomic E-state index is 0.0195. The highest BCUT2D eigenvalue weighted by atomic mass is 32.2. The quantitative estimate of drug-likeness (QED) is 0.712. The van der Waals surface area contributed by atoms with Crippen molar-refractivity contribution >= 4 is 21.4 Å². The number of rotatable bonds is 6. The number of hydrogen-bond donors (Lipinski definition) is 0. The number of sulfone groups is 1. The van der Waals surface area contributed by atoms with Gasteiger partial charge in [0.2, 0.25) is 5.91 Å². The summed E-state index contributed by atoms with van der Waals surface area (Å²) in [6.07, 6.45) is 0.541. The Hall–Kier alpha value is -1.67. The molecule has 2 aliphatic rings. The van der Waals surface area contributed by atoms with Crippen LogP contribution in [0.25, 0.3) is 0 Å². The van der Waals surface area contributed by atoms with Crippen LogP contribution in [0.4, 0.5) is 10.1 Å². The van der Waals surface area contributed by atoms with Gasteiger partial charge in [0, 0.05) is 44.5 Å². The van der Waals surface area contributed by atoms with E-state index in [0.29, 0.717) is 25.4 Å². The maximum Gasteiger partial charge on any atom is 0.237 e. The van der Waals surface area contributed by atoms with E-state index in [0.717, 1.165) is 31.9 Å². The van der Waals surface area contributed by atoms with E-state index >= 15 is 0 Å². The fraction of sp³-hybridized carbons (Fsp3) is 0.650. The summed E-state index contributed by atoms with van der Waals surface area (Å²) < 4.78 is 36.8. The minimum Gasteiger partial charge on any atom is -0.369 e. The average molecular weight is 412 g/mol. The lowest BCUT2D eigenvalue weighted by Gasteiger charge is -2.37. The Balaban J connectivity index is 1.56. The highest BCUT2D eigenvalue weighted by Crippen LogP contribution is 2.20. The average Bonchev–Trinajstić information content (AvgIpc) is 3.00. The van der Waals surface area contributed by atoms with Crippen LogP contribution in [-0.4, -0.2) is 80.9 Å². The van der Waals surface area contributed by atoms with Crippen LogP contribution in [0.2, 0.25) is 0 Å². The van der Waals surface area contributed by atoms with Crippen molar-refractivity contribution in [2.24, 2.45) is 5.92 Å². The van der Waals surface area contributed by atoms with Gasteiger partial charge in [-0.05, 0) is 36.6 Å². The van der Waals surface area contributed by atoms with E-state index in [2.05, 4.69) is 9.80 Å². The molecule has 0 bridgehead atoms. The summed E-state index contributed by atoms with van der Waals surface area (Å²) in [5.41, 5.74) is 0.991. The molecular weight excluding hydrogens is 381 g/mol. The summed E-state index contributed by atoms with van der Waals surface area (Å²) in [6, 6.07) is 6.29. The van der Waals surface area contributed by atoms with Crippen LogP contribution in [0.5, 0.6) is 0 Å². The van der Waals surface area contributed by atoms with Crippen molar-refractivity contribution in [3.63, 3.8) is 0 Å². The SMILES string of the molecule is CC(C)CN(C(=O)CN1CCN(c2ccc(F)cc2)CC1)[C@H]1CCS(=O)(=O)C1. The number of hydrogen-bond acceptors (Lipinski definition) is 5. The molecule has 0 unspecified atom stereocenters. The Morgan fingerprint density at radius 1 is 1.18 bits per heavy atom. The zero-order chi connectivity index (χ0) is 20.3. The van der Waals surface area contributed by atoms with Gasteiger partial charge in [-0.1, -0.05) is 13.8 Å². The first-order chi connectivity index (χ1) is 13.2. The fourth-order valence-corrected chi connectivity index (χ4v) is 5.70. The van der Waals surface area contributed by atoms with Gasteiger partial charge in [-0.15, -0.1) is 0 Å². The second kappa shape index (κ2) is 8.78. The van der Waals surface area contributed by atoms with Crippen LogP contribution in [0.1, 0.15) is 20.3 Å². The lowest BCUT2D eigenvalue weighted by molar-refractivity contribution is -0.135. The first-order valence-electron chi connectivity index (χ1n) is 9.96. The summed E-state index contributed by atoms with van der Waals surface area (Å²) in [4.78, 5) is 19.1. The van der Waals surface area contributed by atoms with Gasteiger partial charge in [0.05, 0.1) is 18.1 Å². The Labute approximate surface area is 167 Å². The predicted octanol–water partition coefficient (Wildman–Crippen LogP) is 1.62. The predicted molar refractivity (Wildman–Crippen MR) is 109 cm³/mol. The molecule has 2 fully saturated rings. The topological polar surface area (TPSA) is 60.9 Å². The number of halogens is 1. The zero-order valence-corrected chi connectivity index (χ0v) is 17.5. The van der Waals surface area contributed by atoms with Crippen LogP contribution in [0, 0.1) is 11.7 Å². The van der Waals surface area contributed by atoms with E-state index in [1.165, 1.54) is 12.1 Å². The van der Waals surface area contributed by atoms with Gasteiger partial charge in [-0.25, -0.2) is 12.8 Å². The smallest absolute Gasteiger partial charge is 0.237 e. The maximum atomic E-state index is 13.1. The van der Waals surface area contributed by atoms with Gasteiger partial charge in [0.1, 0.15) is 5.82 Å². The number of amides is 1. The van der Waals surface area contributed by atoms with Crippen LogP contribution in [-0.2, 0) is 14.6 Å². The van der Waals surface area contributed by atoms with Gasteiger partial charge >= 0.3 is 0 Å². The van der Waals surface area contributed by atoms with E-state index in [1.54, 1.807) is 17.0 Å². The number of nitrogens with zero attached hydrogens (tertiary/aromatic N) is 3. The van der Waals surface area contributed by atoms with E-state index in [4.69, 9.17) is 0 Å². The van der Waals surface area contributed by atoms with E-state index in [-0.39, 0.29) is 29.3 Å². The lowest BCUT2D eigenvalue weighted by atomic mass is 10.1. The van der Waals surface area contributed by atoms with Gasteiger partial charge in [0.15, 0.2) is 9.84 Å². The van der Waals surface area contributed by atoms with Crippen molar-refractivity contribution < 1.29 is 17.6 Å². The lowest BCUT2D eigenvalue weighted by Crippen LogP contribution is -2.52. The Kier molecular flexibility index (Phi) is 6.60. The number of anilines is 1. The molecule has 6 nitrogen and oxygen atoms in total. The second-order valence-corrected chi connectivity index (χ2v) is 10.5. The third-order valence-corrected chi connectivity index (χ3v) is 7.20. The highest BCUT2D eigenvalue weighted by molar-refractivity contribution is 7.91. The molecule has 0 aliphatic carbocycles. The monoisotopic (exact) mass is 411 g/mol. The molecule has 0 spiro atoms. The van der Waals surface area contributed by atoms with E-state index < -0.39 is 9.84 Å². The number of carbonyl (C=O) groups is 1. The molecule has 1 amide bonds. The largest absolute Gasteiger partial charge is 0.369 e. The zero-order valence-electron chi connectivity index (χ0n) is 16.7. The number of carbonyl (C=O) groups excluding carboxylic acids is 1. The molecule has 3 rings (SSSR count). The molecule has 2 saturated heterocycles. The molecule has 156 valence electrons. The molecule has 0 radical (unpaired) electrons. The Morgan fingerprint density at radius 3 is 2.36 bits per heavy atom. The molecule has 28 heavy (non-hydrogen) atoms. The van der Waals surface area contributed by atoms with Gasteiger partial charge < -0.3 is 9.80 Å². The molecule has 0 saturated carbocycles. The number of piperazine rings is 1. The third kappa shape index (κ3) is 5.44. The van der Waals surface area contributed by atoms with Crippen LogP contribution in [0.15, 0.2) is 24.3 Å². The summed E-state index contributed by atoms with van der Waals surface area (Å²) in [6.45, 7) is 8.07. The third-order valence-electron chi connectivity index (χ3n) is 5.45. The molecule has 1 aromatic rings. The first kappa shape index (κ1) is 21.0. The maximum absolute atomic E-state index is 13.1. The fourth-order valence-electron chi connectivity index (χ4n) is 3.97. The number of benzene rings is 1. The minimum atomic E-state index is -3.02. The highest BCUT2D eigenvalue weighted by Gasteiger charge is 2.35. The van der Waals surface area contributed by atoms with Gasteiger partial charge in [-0.2, -0.15) is 0 Å². The van der Waals surface area contributed by atoms with Crippen molar-refractivity contribution in [1.82, 2.24) is 9.80 Å². The Morgan fingerprint density at radius 2 is 1.82 bits per heavy atom. The molecule has 0 aromatic heterocycles. The summed E-state index contributed by atoms with van der Waals surface area (Å²) >= 11 is 0. The van der Waals surface area contributed by atoms with Crippen molar-refractivity contribution in [2.45, 2.75) is 26.3 Å². The first-order valence-corrected chi connectivity index (χ1v) is 11.8. The van der Waals surface area contributed by atoms with Crippen molar-refractivity contribution in [2.75, 3.05) is 55.7 Å². The normalized spacial score (nSPS) is 22.6. The summed E-state index contributed by atoms with van der Waals surface area (Å²) in [5, 5.41) is 0. The molecule has 0 N–H and O–H groups in total. The molecule has 2 heterocycles. The molecule has 8 heteroatoms. The van der Waals surface area contributed by atoms with Crippen LogP contribution in [0.3, 0.4) is 0 Å². The summed E-state index contributed by atoms with van der Waals surface area (Å²) in [5.74, 6) is 0.334.